The minimum Gasteiger partial charge on any atom is -0.303 e. The Kier molecular flexibility index (Phi) is 3.93. The molecule has 0 aliphatic rings. The van der Waals surface area contributed by atoms with Gasteiger partial charge in [-0.15, -0.1) is 10.2 Å². The first-order valence-electron chi connectivity index (χ1n) is 5.07. The Morgan fingerprint density at radius 1 is 1.35 bits per heavy atom. The number of halogens is 2. The Labute approximate surface area is 109 Å². The summed E-state index contributed by atoms with van der Waals surface area (Å²) in [5.74, 6) is 0.630. The van der Waals surface area contributed by atoms with Crippen molar-refractivity contribution in [1.82, 2.24) is 25.9 Å². The van der Waals surface area contributed by atoms with E-state index in [1.165, 1.54) is 0 Å². The fraction of sp³-hybridized carbons (Fsp3) is 0.300. The Balaban J connectivity index is 1.96. The minimum absolute atomic E-state index is 0.0169. The van der Waals surface area contributed by atoms with Crippen molar-refractivity contribution in [3.8, 4) is 0 Å². The molecular formula is C10H11Cl2N5. The molecule has 0 spiro atoms. The molecule has 2 aromatic rings. The van der Waals surface area contributed by atoms with E-state index in [2.05, 4.69) is 25.9 Å². The summed E-state index contributed by atoms with van der Waals surface area (Å²) < 4.78 is 0. The van der Waals surface area contributed by atoms with E-state index in [9.17, 15) is 0 Å². The largest absolute Gasteiger partial charge is 0.303 e. The third-order valence-corrected chi connectivity index (χ3v) is 3.08. The molecule has 2 N–H and O–H groups in total. The molecule has 1 aromatic carbocycles. The highest BCUT2D eigenvalue weighted by atomic mass is 35.5. The highest BCUT2D eigenvalue weighted by Gasteiger charge is 2.09. The molecule has 0 aliphatic carbocycles. The lowest BCUT2D eigenvalue weighted by Gasteiger charge is -2.10. The maximum absolute atomic E-state index is 5.93. The van der Waals surface area contributed by atoms with Gasteiger partial charge in [-0.1, -0.05) is 34.5 Å². The molecule has 5 nitrogen and oxygen atoms in total. The van der Waals surface area contributed by atoms with E-state index in [0.717, 1.165) is 5.56 Å². The number of nitrogens with one attached hydrogen (secondary N) is 2. The predicted molar refractivity (Wildman–Crippen MR) is 65.9 cm³/mol. The first-order chi connectivity index (χ1) is 8.16. The van der Waals surface area contributed by atoms with Gasteiger partial charge in [0.2, 0.25) is 0 Å². The fourth-order valence-electron chi connectivity index (χ4n) is 1.36. The topological polar surface area (TPSA) is 66.5 Å². The molecule has 1 aromatic heterocycles. The van der Waals surface area contributed by atoms with Gasteiger partial charge < -0.3 is 5.32 Å². The highest BCUT2D eigenvalue weighted by molar-refractivity contribution is 6.42. The van der Waals surface area contributed by atoms with Crippen LogP contribution in [0.1, 0.15) is 24.4 Å². The van der Waals surface area contributed by atoms with Crippen molar-refractivity contribution >= 4 is 23.2 Å². The number of hydrogen-bond acceptors (Lipinski definition) is 4. The molecule has 2 rings (SSSR count). The molecule has 90 valence electrons. The van der Waals surface area contributed by atoms with Crippen molar-refractivity contribution in [1.29, 1.82) is 0 Å². The second-order valence-electron chi connectivity index (χ2n) is 3.62. The maximum atomic E-state index is 5.93. The smallest absolute Gasteiger partial charge is 0.191 e. The summed E-state index contributed by atoms with van der Waals surface area (Å²) in [7, 11) is 0. The van der Waals surface area contributed by atoms with Gasteiger partial charge in [-0.2, -0.15) is 5.21 Å². The summed E-state index contributed by atoms with van der Waals surface area (Å²) in [4.78, 5) is 0. The SMILES string of the molecule is CC(NCc1ccc(Cl)c(Cl)c1)c1nn[nH]n1. The molecule has 7 heteroatoms. The zero-order valence-electron chi connectivity index (χ0n) is 9.11. The van der Waals surface area contributed by atoms with Gasteiger partial charge in [0, 0.05) is 6.54 Å². The maximum Gasteiger partial charge on any atom is 0.191 e. The number of aromatic amines is 1. The van der Waals surface area contributed by atoms with Crippen molar-refractivity contribution < 1.29 is 0 Å². The fourth-order valence-corrected chi connectivity index (χ4v) is 1.69. The van der Waals surface area contributed by atoms with Crippen LogP contribution in [0.3, 0.4) is 0 Å². The van der Waals surface area contributed by atoms with Crippen LogP contribution in [0.4, 0.5) is 0 Å². The molecule has 1 unspecified atom stereocenters. The minimum atomic E-state index is 0.0169. The summed E-state index contributed by atoms with van der Waals surface area (Å²) in [6, 6.07) is 5.55. The van der Waals surface area contributed by atoms with Gasteiger partial charge in [-0.25, -0.2) is 0 Å². The van der Waals surface area contributed by atoms with Crippen molar-refractivity contribution in [2.45, 2.75) is 19.5 Å². The molecule has 0 aliphatic heterocycles. The summed E-state index contributed by atoms with van der Waals surface area (Å²) in [6.45, 7) is 2.62. The Hall–Kier alpha value is -1.17. The van der Waals surface area contributed by atoms with Crippen molar-refractivity contribution in [2.75, 3.05) is 0 Å². The molecule has 0 bridgehead atoms. The van der Waals surface area contributed by atoms with E-state index in [1.807, 2.05) is 19.1 Å². The van der Waals surface area contributed by atoms with E-state index in [-0.39, 0.29) is 6.04 Å². The van der Waals surface area contributed by atoms with Crippen molar-refractivity contribution in [3.05, 3.63) is 39.6 Å². The average Bonchev–Trinajstić information content (AvgIpc) is 2.84. The van der Waals surface area contributed by atoms with E-state index < -0.39 is 0 Å². The van der Waals surface area contributed by atoms with Gasteiger partial charge in [0.05, 0.1) is 16.1 Å². The normalized spacial score (nSPS) is 12.6. The Morgan fingerprint density at radius 3 is 2.82 bits per heavy atom. The lowest BCUT2D eigenvalue weighted by molar-refractivity contribution is 0.547. The van der Waals surface area contributed by atoms with Crippen LogP contribution >= 0.6 is 23.2 Å². The summed E-state index contributed by atoms with van der Waals surface area (Å²) in [5, 5.41) is 18.1. The van der Waals surface area contributed by atoms with Gasteiger partial charge in [-0.3, -0.25) is 0 Å². The Bertz CT molecular complexity index is 485. The molecule has 0 saturated heterocycles. The van der Waals surface area contributed by atoms with Crippen LogP contribution < -0.4 is 5.32 Å². The van der Waals surface area contributed by atoms with E-state index in [0.29, 0.717) is 22.4 Å². The van der Waals surface area contributed by atoms with Crippen molar-refractivity contribution in [2.24, 2.45) is 0 Å². The zero-order valence-corrected chi connectivity index (χ0v) is 10.6. The van der Waals surface area contributed by atoms with Crippen LogP contribution in [0.15, 0.2) is 18.2 Å². The molecule has 1 heterocycles. The van der Waals surface area contributed by atoms with Gasteiger partial charge in [0.15, 0.2) is 5.82 Å². The van der Waals surface area contributed by atoms with E-state index in [1.54, 1.807) is 6.07 Å². The van der Waals surface area contributed by atoms with Crippen LogP contribution in [0.5, 0.6) is 0 Å². The second-order valence-corrected chi connectivity index (χ2v) is 4.44. The molecule has 0 fully saturated rings. The zero-order chi connectivity index (χ0) is 12.3. The molecule has 0 radical (unpaired) electrons. The number of H-pyrrole nitrogens is 1. The number of benzene rings is 1. The molecule has 0 amide bonds. The molecular weight excluding hydrogens is 261 g/mol. The Morgan fingerprint density at radius 2 is 2.18 bits per heavy atom. The average molecular weight is 272 g/mol. The molecule has 17 heavy (non-hydrogen) atoms. The van der Waals surface area contributed by atoms with Gasteiger partial charge in [0.1, 0.15) is 0 Å². The first kappa shape index (κ1) is 12.3. The highest BCUT2D eigenvalue weighted by Crippen LogP contribution is 2.22. The predicted octanol–water partition coefficient (Wildman–Crippen LogP) is 2.36. The third kappa shape index (κ3) is 3.15. The summed E-state index contributed by atoms with van der Waals surface area (Å²) in [5.41, 5.74) is 1.05. The molecule has 1 atom stereocenters. The number of tetrazole rings is 1. The first-order valence-corrected chi connectivity index (χ1v) is 5.83. The summed E-state index contributed by atoms with van der Waals surface area (Å²) in [6.07, 6.45) is 0. The van der Waals surface area contributed by atoms with Gasteiger partial charge in [0.25, 0.3) is 0 Å². The lowest BCUT2D eigenvalue weighted by atomic mass is 10.2. The standard InChI is InChI=1S/C10H11Cl2N5/c1-6(10-14-16-17-15-10)13-5-7-2-3-8(11)9(12)4-7/h2-4,6,13H,5H2,1H3,(H,14,15,16,17). The van der Waals surface area contributed by atoms with Gasteiger partial charge >= 0.3 is 0 Å². The van der Waals surface area contributed by atoms with Crippen LogP contribution in [-0.4, -0.2) is 20.6 Å². The number of hydrogen-bond donors (Lipinski definition) is 2. The van der Waals surface area contributed by atoms with Crippen LogP contribution in [-0.2, 0) is 6.54 Å². The van der Waals surface area contributed by atoms with Gasteiger partial charge in [-0.05, 0) is 24.6 Å². The third-order valence-electron chi connectivity index (χ3n) is 2.35. The van der Waals surface area contributed by atoms with Crippen LogP contribution in [0, 0.1) is 0 Å². The van der Waals surface area contributed by atoms with Crippen LogP contribution in [0.25, 0.3) is 0 Å². The molecule has 0 saturated carbocycles. The lowest BCUT2D eigenvalue weighted by Crippen LogP contribution is -2.19. The quantitative estimate of drug-likeness (QED) is 0.896. The summed E-state index contributed by atoms with van der Waals surface area (Å²) >= 11 is 11.8. The van der Waals surface area contributed by atoms with Crippen molar-refractivity contribution in [3.63, 3.8) is 0 Å². The van der Waals surface area contributed by atoms with E-state index >= 15 is 0 Å². The van der Waals surface area contributed by atoms with Crippen LogP contribution in [0.2, 0.25) is 10.0 Å². The number of aromatic nitrogens is 4. The monoisotopic (exact) mass is 271 g/mol. The van der Waals surface area contributed by atoms with E-state index in [4.69, 9.17) is 23.2 Å². The number of rotatable bonds is 4. The second kappa shape index (κ2) is 5.44. The number of nitrogens with zero attached hydrogens (tertiary/aromatic N) is 3.